The Balaban J connectivity index is 2.44. The van der Waals surface area contributed by atoms with Crippen LogP contribution in [-0.2, 0) is 6.54 Å². The molecule has 0 aromatic carbocycles. The summed E-state index contributed by atoms with van der Waals surface area (Å²) < 4.78 is 1.92. The van der Waals surface area contributed by atoms with Crippen LogP contribution in [0.5, 0.6) is 0 Å². The summed E-state index contributed by atoms with van der Waals surface area (Å²) in [5.74, 6) is 0. The molecule has 4 nitrogen and oxygen atoms in total. The monoisotopic (exact) mass is 264 g/mol. The summed E-state index contributed by atoms with van der Waals surface area (Å²) in [5, 5.41) is 8.41. The Morgan fingerprint density at radius 1 is 1.39 bits per heavy atom. The Bertz CT molecular complexity index is 495. The van der Waals surface area contributed by atoms with Crippen molar-refractivity contribution >= 4 is 11.6 Å². The van der Waals surface area contributed by atoms with E-state index >= 15 is 0 Å². The van der Waals surface area contributed by atoms with Crippen molar-refractivity contribution in [2.45, 2.75) is 26.4 Å². The summed E-state index contributed by atoms with van der Waals surface area (Å²) in [6.07, 6.45) is 5.32. The van der Waals surface area contributed by atoms with Crippen LogP contribution in [0, 0.1) is 0 Å². The number of pyridine rings is 1. The molecule has 2 aromatic rings. The molecule has 1 N–H and O–H groups in total. The van der Waals surface area contributed by atoms with Crippen molar-refractivity contribution in [1.29, 1.82) is 0 Å². The van der Waals surface area contributed by atoms with E-state index in [9.17, 15) is 0 Å². The van der Waals surface area contributed by atoms with E-state index in [-0.39, 0.29) is 6.04 Å². The molecule has 0 amide bonds. The molecule has 18 heavy (non-hydrogen) atoms. The third-order valence-electron chi connectivity index (χ3n) is 2.83. The number of halogens is 1. The van der Waals surface area contributed by atoms with Crippen LogP contribution < -0.4 is 5.32 Å². The van der Waals surface area contributed by atoms with E-state index in [2.05, 4.69) is 29.2 Å². The van der Waals surface area contributed by atoms with Gasteiger partial charge in [0.15, 0.2) is 0 Å². The Hall–Kier alpha value is -1.39. The number of hydrogen-bond donors (Lipinski definition) is 1. The van der Waals surface area contributed by atoms with Gasteiger partial charge in [-0.2, -0.15) is 5.10 Å². The van der Waals surface area contributed by atoms with Crippen LogP contribution in [0.3, 0.4) is 0 Å². The van der Waals surface area contributed by atoms with E-state index in [1.165, 1.54) is 0 Å². The molecule has 0 saturated carbocycles. The van der Waals surface area contributed by atoms with Crippen molar-refractivity contribution in [1.82, 2.24) is 20.1 Å². The SMILES string of the molecule is CCNC(c1cccnc1)c1c(Cl)cnn1CC. The normalized spacial score (nSPS) is 12.6. The molecule has 0 aliphatic carbocycles. The molecule has 1 unspecified atom stereocenters. The predicted octanol–water partition coefficient (Wildman–Crippen LogP) is 2.65. The molecule has 0 radical (unpaired) electrons. The predicted molar refractivity (Wildman–Crippen MR) is 72.7 cm³/mol. The van der Waals surface area contributed by atoms with Crippen molar-refractivity contribution in [3.63, 3.8) is 0 Å². The molecule has 5 heteroatoms. The molecule has 96 valence electrons. The van der Waals surface area contributed by atoms with E-state index in [0.29, 0.717) is 5.02 Å². The van der Waals surface area contributed by atoms with Gasteiger partial charge in [0.25, 0.3) is 0 Å². The lowest BCUT2D eigenvalue weighted by atomic mass is 10.1. The van der Waals surface area contributed by atoms with Gasteiger partial charge in [0.2, 0.25) is 0 Å². The minimum Gasteiger partial charge on any atom is -0.305 e. The average Bonchev–Trinajstić information content (AvgIpc) is 2.78. The average molecular weight is 265 g/mol. The smallest absolute Gasteiger partial charge is 0.0837 e. The molecular weight excluding hydrogens is 248 g/mol. The molecule has 0 aliphatic rings. The van der Waals surface area contributed by atoms with Gasteiger partial charge in [-0.1, -0.05) is 24.6 Å². The van der Waals surface area contributed by atoms with Crippen molar-refractivity contribution in [3.05, 3.63) is 47.0 Å². The Labute approximate surface area is 112 Å². The van der Waals surface area contributed by atoms with Crippen molar-refractivity contribution in [3.8, 4) is 0 Å². The van der Waals surface area contributed by atoms with Crippen LogP contribution in [0.2, 0.25) is 5.02 Å². The molecule has 0 bridgehead atoms. The summed E-state index contributed by atoms with van der Waals surface area (Å²) in [4.78, 5) is 4.17. The first-order valence-corrected chi connectivity index (χ1v) is 6.50. The number of nitrogens with zero attached hydrogens (tertiary/aromatic N) is 3. The van der Waals surface area contributed by atoms with Crippen LogP contribution in [0.4, 0.5) is 0 Å². The number of nitrogens with one attached hydrogen (secondary N) is 1. The van der Waals surface area contributed by atoms with Gasteiger partial charge >= 0.3 is 0 Å². The van der Waals surface area contributed by atoms with E-state index in [0.717, 1.165) is 24.3 Å². The van der Waals surface area contributed by atoms with Crippen molar-refractivity contribution in [2.24, 2.45) is 0 Å². The Morgan fingerprint density at radius 2 is 2.22 bits per heavy atom. The second-order valence-corrected chi connectivity index (χ2v) is 4.38. The van der Waals surface area contributed by atoms with Gasteiger partial charge in [-0.25, -0.2) is 0 Å². The largest absolute Gasteiger partial charge is 0.305 e. The maximum Gasteiger partial charge on any atom is 0.0837 e. The highest BCUT2D eigenvalue weighted by molar-refractivity contribution is 6.31. The lowest BCUT2D eigenvalue weighted by Gasteiger charge is -2.19. The standard InChI is InChI=1S/C13H17ClN4/c1-3-16-12(10-6-5-7-15-8-10)13-11(14)9-17-18(13)4-2/h5-9,12,16H,3-4H2,1-2H3. The lowest BCUT2D eigenvalue weighted by molar-refractivity contribution is 0.541. The fourth-order valence-electron chi connectivity index (χ4n) is 2.03. The minimum atomic E-state index is 0.0265. The highest BCUT2D eigenvalue weighted by Crippen LogP contribution is 2.27. The molecule has 0 saturated heterocycles. The summed E-state index contributed by atoms with van der Waals surface area (Å²) in [7, 11) is 0. The van der Waals surface area contributed by atoms with Gasteiger partial charge in [0.1, 0.15) is 0 Å². The van der Waals surface area contributed by atoms with Crippen LogP contribution in [-0.4, -0.2) is 21.3 Å². The Kier molecular flexibility index (Phi) is 4.33. The third kappa shape index (κ3) is 2.54. The lowest BCUT2D eigenvalue weighted by Crippen LogP contribution is -2.25. The van der Waals surface area contributed by atoms with Gasteiger partial charge < -0.3 is 5.32 Å². The van der Waals surface area contributed by atoms with E-state index in [4.69, 9.17) is 11.6 Å². The number of aromatic nitrogens is 3. The first kappa shape index (κ1) is 13.1. The molecule has 0 spiro atoms. The summed E-state index contributed by atoms with van der Waals surface area (Å²) >= 11 is 6.26. The van der Waals surface area contributed by atoms with Crippen LogP contribution in [0.25, 0.3) is 0 Å². The van der Waals surface area contributed by atoms with Crippen LogP contribution in [0.1, 0.15) is 31.1 Å². The van der Waals surface area contributed by atoms with Gasteiger partial charge in [-0.05, 0) is 25.1 Å². The maximum atomic E-state index is 6.26. The van der Waals surface area contributed by atoms with Crippen molar-refractivity contribution < 1.29 is 0 Å². The molecular formula is C13H17ClN4. The Morgan fingerprint density at radius 3 is 2.83 bits per heavy atom. The highest BCUT2D eigenvalue weighted by Gasteiger charge is 2.20. The minimum absolute atomic E-state index is 0.0265. The molecule has 0 fully saturated rings. The van der Waals surface area contributed by atoms with E-state index in [1.807, 2.05) is 23.0 Å². The fourth-order valence-corrected chi connectivity index (χ4v) is 2.28. The van der Waals surface area contributed by atoms with Crippen LogP contribution >= 0.6 is 11.6 Å². The molecule has 2 heterocycles. The molecule has 2 rings (SSSR count). The molecule has 1 atom stereocenters. The van der Waals surface area contributed by atoms with Gasteiger partial charge in [0, 0.05) is 18.9 Å². The zero-order valence-corrected chi connectivity index (χ0v) is 11.4. The summed E-state index contributed by atoms with van der Waals surface area (Å²) in [6, 6.07) is 4.00. The first-order valence-electron chi connectivity index (χ1n) is 6.12. The zero-order valence-electron chi connectivity index (χ0n) is 10.6. The number of aryl methyl sites for hydroxylation is 1. The fraction of sp³-hybridized carbons (Fsp3) is 0.385. The first-order chi connectivity index (χ1) is 8.77. The topological polar surface area (TPSA) is 42.7 Å². The maximum absolute atomic E-state index is 6.26. The molecule has 0 aliphatic heterocycles. The third-order valence-corrected chi connectivity index (χ3v) is 3.12. The van der Waals surface area contributed by atoms with Crippen molar-refractivity contribution in [2.75, 3.05) is 6.54 Å². The van der Waals surface area contributed by atoms with Crippen LogP contribution in [0.15, 0.2) is 30.7 Å². The zero-order chi connectivity index (χ0) is 13.0. The summed E-state index contributed by atoms with van der Waals surface area (Å²) in [5.41, 5.74) is 2.09. The van der Waals surface area contributed by atoms with Gasteiger partial charge in [-0.3, -0.25) is 9.67 Å². The van der Waals surface area contributed by atoms with E-state index in [1.54, 1.807) is 12.4 Å². The number of rotatable bonds is 5. The molecule has 2 aromatic heterocycles. The van der Waals surface area contributed by atoms with Gasteiger partial charge in [-0.15, -0.1) is 0 Å². The highest BCUT2D eigenvalue weighted by atomic mass is 35.5. The summed E-state index contributed by atoms with van der Waals surface area (Å²) in [6.45, 7) is 5.78. The second-order valence-electron chi connectivity index (χ2n) is 3.97. The quantitative estimate of drug-likeness (QED) is 0.903. The number of hydrogen-bond acceptors (Lipinski definition) is 3. The van der Waals surface area contributed by atoms with Gasteiger partial charge in [0.05, 0.1) is 23.0 Å². The second kappa shape index (κ2) is 5.98. The van der Waals surface area contributed by atoms with E-state index < -0.39 is 0 Å².